The van der Waals surface area contributed by atoms with Gasteiger partial charge in [0.15, 0.2) is 0 Å². The van der Waals surface area contributed by atoms with E-state index in [1.165, 1.54) is 4.90 Å². The smallest absolute Gasteiger partial charge is 0.299 e. The quantitative estimate of drug-likeness (QED) is 0.816. The van der Waals surface area contributed by atoms with Gasteiger partial charge in [-0.3, -0.25) is 9.59 Å². The molecule has 0 radical (unpaired) electrons. The molecule has 0 N–H and O–H groups in total. The summed E-state index contributed by atoms with van der Waals surface area (Å²) in [4.78, 5) is 25.3. The van der Waals surface area contributed by atoms with Gasteiger partial charge in [-0.15, -0.1) is 0 Å². The van der Waals surface area contributed by atoms with Gasteiger partial charge in [-0.1, -0.05) is 29.8 Å². The summed E-state index contributed by atoms with van der Waals surface area (Å²) in [5.41, 5.74) is 0.943. The van der Waals surface area contributed by atoms with Crippen LogP contribution in [0.1, 0.15) is 10.4 Å². The van der Waals surface area contributed by atoms with Gasteiger partial charge in [0.05, 0.1) is 17.8 Å². The van der Waals surface area contributed by atoms with Gasteiger partial charge >= 0.3 is 0 Å². The topological polar surface area (TPSA) is 46.6 Å². The van der Waals surface area contributed by atoms with Crippen LogP contribution in [0, 0.1) is 0 Å². The van der Waals surface area contributed by atoms with Crippen LogP contribution in [0.5, 0.6) is 5.75 Å². The lowest BCUT2D eigenvalue weighted by Crippen LogP contribution is -2.33. The van der Waals surface area contributed by atoms with Crippen molar-refractivity contribution < 1.29 is 14.3 Å². The minimum Gasteiger partial charge on any atom is -0.492 e. The molecule has 106 valence electrons. The number of halogens is 1. The van der Waals surface area contributed by atoms with Gasteiger partial charge in [-0.2, -0.15) is 0 Å². The largest absolute Gasteiger partial charge is 0.492 e. The lowest BCUT2D eigenvalue weighted by molar-refractivity contribution is -0.114. The van der Waals surface area contributed by atoms with Crippen molar-refractivity contribution in [1.29, 1.82) is 0 Å². The second kappa shape index (κ2) is 5.58. The van der Waals surface area contributed by atoms with E-state index in [-0.39, 0.29) is 0 Å². The Balaban J connectivity index is 1.73. The molecule has 1 aliphatic rings. The van der Waals surface area contributed by atoms with Crippen LogP contribution in [0.15, 0.2) is 48.5 Å². The van der Waals surface area contributed by atoms with E-state index in [0.29, 0.717) is 29.4 Å². The van der Waals surface area contributed by atoms with Crippen LogP contribution in [0.2, 0.25) is 5.02 Å². The first-order valence-corrected chi connectivity index (χ1v) is 6.88. The number of benzene rings is 2. The number of nitrogens with zero attached hydrogens (tertiary/aromatic N) is 1. The Morgan fingerprint density at radius 3 is 2.57 bits per heavy atom. The Morgan fingerprint density at radius 1 is 1.05 bits per heavy atom. The van der Waals surface area contributed by atoms with Crippen LogP contribution in [0.3, 0.4) is 0 Å². The summed E-state index contributed by atoms with van der Waals surface area (Å²) in [7, 11) is 0. The third-order valence-electron chi connectivity index (χ3n) is 3.26. The van der Waals surface area contributed by atoms with Crippen molar-refractivity contribution in [3.05, 3.63) is 59.1 Å². The van der Waals surface area contributed by atoms with Crippen LogP contribution in [0.25, 0.3) is 0 Å². The number of hydrogen-bond acceptors (Lipinski definition) is 3. The molecule has 1 amide bonds. The summed E-state index contributed by atoms with van der Waals surface area (Å²) in [5.74, 6) is -0.313. The van der Waals surface area contributed by atoms with Crippen molar-refractivity contribution in [2.24, 2.45) is 0 Å². The molecule has 2 aromatic rings. The summed E-state index contributed by atoms with van der Waals surface area (Å²) in [6.45, 7) is 0.599. The molecule has 0 aromatic heterocycles. The fraction of sp³-hybridized carbons (Fsp3) is 0.125. The standard InChI is InChI=1S/C16H12ClNO3/c17-11-6-7-13-14(10-11)18(16(20)15(13)19)8-9-21-12-4-2-1-3-5-12/h1-7,10H,8-9H2. The van der Waals surface area contributed by atoms with Gasteiger partial charge in [0.1, 0.15) is 12.4 Å². The Bertz CT molecular complexity index is 700. The molecular weight excluding hydrogens is 290 g/mol. The maximum absolute atomic E-state index is 12.0. The number of Topliss-reactive ketones (excluding diaryl/α,β-unsaturated/α-hetero) is 1. The first kappa shape index (κ1) is 13.6. The number of carbonyl (C=O) groups is 2. The molecular formula is C16H12ClNO3. The van der Waals surface area contributed by atoms with Gasteiger partial charge in [0.25, 0.3) is 11.7 Å². The lowest BCUT2D eigenvalue weighted by atomic mass is 10.1. The molecule has 2 aromatic carbocycles. The summed E-state index contributed by atoms with van der Waals surface area (Å²) in [6, 6.07) is 14.1. The number of carbonyl (C=O) groups excluding carboxylic acids is 2. The zero-order chi connectivity index (χ0) is 14.8. The van der Waals surface area contributed by atoms with Crippen molar-refractivity contribution in [3.8, 4) is 5.75 Å². The number of para-hydroxylation sites is 1. The molecule has 0 spiro atoms. The van der Waals surface area contributed by atoms with E-state index in [0.717, 1.165) is 5.75 Å². The highest BCUT2D eigenvalue weighted by Gasteiger charge is 2.35. The van der Waals surface area contributed by atoms with Gasteiger partial charge < -0.3 is 9.64 Å². The molecule has 0 saturated carbocycles. The number of ether oxygens (including phenoxy) is 1. The summed E-state index contributed by atoms with van der Waals surface area (Å²) < 4.78 is 5.56. The zero-order valence-electron chi connectivity index (χ0n) is 11.1. The molecule has 5 heteroatoms. The van der Waals surface area contributed by atoms with E-state index in [2.05, 4.69) is 0 Å². The fourth-order valence-corrected chi connectivity index (χ4v) is 2.43. The first-order valence-electron chi connectivity index (χ1n) is 6.50. The Kier molecular flexibility index (Phi) is 3.62. The van der Waals surface area contributed by atoms with E-state index in [1.807, 2.05) is 30.3 Å². The highest BCUT2D eigenvalue weighted by molar-refractivity contribution is 6.52. The molecule has 21 heavy (non-hydrogen) atoms. The summed E-state index contributed by atoms with van der Waals surface area (Å²) in [5, 5.41) is 0.491. The molecule has 0 bridgehead atoms. The number of fused-ring (bicyclic) bond motifs is 1. The molecule has 4 nitrogen and oxygen atoms in total. The Labute approximate surface area is 126 Å². The summed E-state index contributed by atoms with van der Waals surface area (Å²) >= 11 is 5.93. The molecule has 0 aliphatic carbocycles. The lowest BCUT2D eigenvalue weighted by Gasteiger charge is -2.17. The van der Waals surface area contributed by atoms with Crippen molar-refractivity contribution >= 4 is 29.0 Å². The number of amides is 1. The average molecular weight is 302 g/mol. The number of anilines is 1. The molecule has 1 heterocycles. The fourth-order valence-electron chi connectivity index (χ4n) is 2.26. The Morgan fingerprint density at radius 2 is 1.81 bits per heavy atom. The van der Waals surface area contributed by atoms with E-state index in [1.54, 1.807) is 18.2 Å². The van der Waals surface area contributed by atoms with E-state index >= 15 is 0 Å². The Hall–Kier alpha value is -2.33. The second-order valence-corrected chi connectivity index (χ2v) is 5.05. The number of ketones is 1. The van der Waals surface area contributed by atoms with E-state index in [4.69, 9.17) is 16.3 Å². The molecule has 1 aliphatic heterocycles. The van der Waals surface area contributed by atoms with E-state index < -0.39 is 11.7 Å². The van der Waals surface area contributed by atoms with E-state index in [9.17, 15) is 9.59 Å². The van der Waals surface area contributed by atoms with Crippen molar-refractivity contribution in [2.75, 3.05) is 18.1 Å². The summed E-state index contributed by atoms with van der Waals surface area (Å²) in [6.07, 6.45) is 0. The maximum Gasteiger partial charge on any atom is 0.299 e. The average Bonchev–Trinajstić information content (AvgIpc) is 2.73. The van der Waals surface area contributed by atoms with Gasteiger partial charge in [-0.25, -0.2) is 0 Å². The monoisotopic (exact) mass is 301 g/mol. The SMILES string of the molecule is O=C1C(=O)N(CCOc2ccccc2)c2cc(Cl)ccc21. The second-order valence-electron chi connectivity index (χ2n) is 4.61. The van der Waals surface area contributed by atoms with Gasteiger partial charge in [0.2, 0.25) is 0 Å². The first-order chi connectivity index (χ1) is 10.2. The van der Waals surface area contributed by atoms with Crippen molar-refractivity contribution in [2.45, 2.75) is 0 Å². The predicted molar refractivity (Wildman–Crippen MR) is 80.1 cm³/mol. The van der Waals surface area contributed by atoms with Crippen LogP contribution in [0.4, 0.5) is 5.69 Å². The molecule has 3 rings (SSSR count). The normalized spacial score (nSPS) is 13.5. The van der Waals surface area contributed by atoms with Crippen LogP contribution >= 0.6 is 11.6 Å². The highest BCUT2D eigenvalue weighted by Crippen LogP contribution is 2.31. The van der Waals surface area contributed by atoms with Crippen molar-refractivity contribution in [3.63, 3.8) is 0 Å². The van der Waals surface area contributed by atoms with Gasteiger partial charge in [0, 0.05) is 5.02 Å². The predicted octanol–water partition coefficient (Wildman–Crippen LogP) is 2.95. The number of rotatable bonds is 4. The molecule has 0 unspecified atom stereocenters. The third-order valence-corrected chi connectivity index (χ3v) is 3.50. The van der Waals surface area contributed by atoms with Crippen LogP contribution in [-0.2, 0) is 4.79 Å². The molecule has 0 fully saturated rings. The maximum atomic E-state index is 12.0. The minimum atomic E-state index is -0.538. The molecule has 0 atom stereocenters. The van der Waals surface area contributed by atoms with Gasteiger partial charge in [-0.05, 0) is 30.3 Å². The highest BCUT2D eigenvalue weighted by atomic mass is 35.5. The van der Waals surface area contributed by atoms with Crippen LogP contribution in [-0.4, -0.2) is 24.8 Å². The minimum absolute atomic E-state index is 0.298. The third kappa shape index (κ3) is 2.62. The van der Waals surface area contributed by atoms with Crippen LogP contribution < -0.4 is 9.64 Å². The van der Waals surface area contributed by atoms with Crippen molar-refractivity contribution in [1.82, 2.24) is 0 Å². The molecule has 0 saturated heterocycles. The number of hydrogen-bond donors (Lipinski definition) is 0. The zero-order valence-corrected chi connectivity index (χ0v) is 11.8.